The maximum Gasteiger partial charge on any atom is 0.328 e. The van der Waals surface area contributed by atoms with E-state index in [1.165, 1.54) is 30.3 Å². The van der Waals surface area contributed by atoms with E-state index in [0.717, 1.165) is 37.7 Å². The van der Waals surface area contributed by atoms with Crippen molar-refractivity contribution >= 4 is 29.2 Å². The number of anilines is 1. The molecule has 0 aliphatic heterocycles. The van der Waals surface area contributed by atoms with Crippen LogP contribution in [0.25, 0.3) is 11.2 Å². The van der Waals surface area contributed by atoms with Gasteiger partial charge in [0, 0.05) is 31.2 Å². The van der Waals surface area contributed by atoms with Crippen LogP contribution in [0, 0.1) is 0 Å². The molecule has 0 unspecified atom stereocenters. The summed E-state index contributed by atoms with van der Waals surface area (Å²) in [7, 11) is 8.12. The number of carbonyl (C=O) groups excluding carboxylic acids is 2. The fourth-order valence-corrected chi connectivity index (χ4v) is 5.63. The number of aldehydes is 1. The van der Waals surface area contributed by atoms with Crippen LogP contribution in [0.2, 0.25) is 0 Å². The highest BCUT2D eigenvalue weighted by Crippen LogP contribution is 2.25. The van der Waals surface area contributed by atoms with Gasteiger partial charge in [-0.2, -0.15) is 9.97 Å². The van der Waals surface area contributed by atoms with Crippen molar-refractivity contribution in [2.45, 2.75) is 70.0 Å². The topological polar surface area (TPSA) is 135 Å². The number of benzene rings is 1. The first-order valence-electron chi connectivity index (χ1n) is 15.1. The molecule has 2 heterocycles. The van der Waals surface area contributed by atoms with E-state index in [9.17, 15) is 14.4 Å². The molecular weight excluding hydrogens is 550 g/mol. The minimum atomic E-state index is -0.396. The SMILES string of the molecule is COCCOc1nc(NC(=O)CCCCCN(C)[C@H]2CC[C@@H](N(C)C)CC2)c2[nH]c(=O)n(Cc3ccc(C=O)cc3)c2n1. The smallest absolute Gasteiger partial charge is 0.328 e. The van der Waals surface area contributed by atoms with E-state index in [0.29, 0.717) is 41.8 Å². The lowest BCUT2D eigenvalue weighted by Crippen LogP contribution is -2.40. The minimum absolute atomic E-state index is 0.0338. The number of unbranched alkanes of at least 4 members (excludes halogenated alkanes) is 2. The highest BCUT2D eigenvalue weighted by Gasteiger charge is 2.24. The number of nitrogens with zero attached hydrogens (tertiary/aromatic N) is 5. The predicted octanol–water partition coefficient (Wildman–Crippen LogP) is 3.31. The molecular formula is C31H45N7O5. The molecule has 0 radical (unpaired) electrons. The molecule has 4 rings (SSSR count). The van der Waals surface area contributed by atoms with Crippen LogP contribution in [0.15, 0.2) is 29.1 Å². The van der Waals surface area contributed by atoms with E-state index in [-0.39, 0.29) is 30.9 Å². The third kappa shape index (κ3) is 8.94. The molecule has 2 N–H and O–H groups in total. The van der Waals surface area contributed by atoms with Gasteiger partial charge in [-0.05, 0) is 71.8 Å². The Bertz CT molecular complexity index is 1390. The Morgan fingerprint density at radius 3 is 2.44 bits per heavy atom. The lowest BCUT2D eigenvalue weighted by atomic mass is 9.89. The number of aromatic amines is 1. The second kappa shape index (κ2) is 15.7. The number of methoxy groups -OCH3 is 1. The van der Waals surface area contributed by atoms with E-state index in [1.54, 1.807) is 31.4 Å². The number of aromatic nitrogens is 4. The number of hydrogen-bond donors (Lipinski definition) is 2. The normalized spacial score (nSPS) is 17.1. The molecule has 0 atom stereocenters. The van der Waals surface area contributed by atoms with Gasteiger partial charge in [0.05, 0.1) is 13.2 Å². The van der Waals surface area contributed by atoms with Gasteiger partial charge in [0.25, 0.3) is 0 Å². The highest BCUT2D eigenvalue weighted by molar-refractivity contribution is 5.97. The van der Waals surface area contributed by atoms with Gasteiger partial charge in [-0.3, -0.25) is 14.2 Å². The molecule has 1 aromatic carbocycles. The molecule has 3 aromatic rings. The molecule has 12 nitrogen and oxygen atoms in total. The largest absolute Gasteiger partial charge is 0.461 e. The zero-order valence-corrected chi connectivity index (χ0v) is 25.8. The number of fused-ring (bicyclic) bond motifs is 1. The summed E-state index contributed by atoms with van der Waals surface area (Å²) in [5.41, 5.74) is 1.60. The Balaban J connectivity index is 1.35. The average Bonchev–Trinajstić information content (AvgIpc) is 3.32. The summed E-state index contributed by atoms with van der Waals surface area (Å²) in [6, 6.07) is 8.32. The van der Waals surface area contributed by atoms with Crippen LogP contribution in [0.3, 0.4) is 0 Å². The Morgan fingerprint density at radius 1 is 1.05 bits per heavy atom. The molecule has 2 aromatic heterocycles. The molecule has 1 saturated carbocycles. The number of H-pyrrole nitrogens is 1. The van der Waals surface area contributed by atoms with Crippen molar-refractivity contribution in [2.75, 3.05) is 53.3 Å². The summed E-state index contributed by atoms with van der Waals surface area (Å²) in [5, 5.41) is 2.86. The van der Waals surface area contributed by atoms with Crippen molar-refractivity contribution in [3.63, 3.8) is 0 Å². The molecule has 0 saturated heterocycles. The van der Waals surface area contributed by atoms with Crippen LogP contribution in [0.4, 0.5) is 5.82 Å². The van der Waals surface area contributed by atoms with Crippen LogP contribution in [0.1, 0.15) is 67.3 Å². The van der Waals surface area contributed by atoms with Crippen LogP contribution in [0.5, 0.6) is 6.01 Å². The van der Waals surface area contributed by atoms with E-state index in [2.05, 4.69) is 51.2 Å². The van der Waals surface area contributed by atoms with Crippen molar-refractivity contribution in [3.8, 4) is 6.01 Å². The van der Waals surface area contributed by atoms with Crippen molar-refractivity contribution in [1.82, 2.24) is 29.3 Å². The number of hydrogen-bond acceptors (Lipinski definition) is 9. The van der Waals surface area contributed by atoms with E-state index < -0.39 is 5.69 Å². The number of ether oxygens (including phenoxy) is 2. The quantitative estimate of drug-likeness (QED) is 0.189. The van der Waals surface area contributed by atoms with Gasteiger partial charge in [0.2, 0.25) is 5.91 Å². The van der Waals surface area contributed by atoms with E-state index >= 15 is 0 Å². The van der Waals surface area contributed by atoms with Crippen LogP contribution < -0.4 is 15.7 Å². The first-order chi connectivity index (χ1) is 20.8. The zero-order chi connectivity index (χ0) is 30.8. The molecule has 1 fully saturated rings. The highest BCUT2D eigenvalue weighted by atomic mass is 16.5. The van der Waals surface area contributed by atoms with Crippen LogP contribution in [-0.2, 0) is 16.1 Å². The predicted molar refractivity (Wildman–Crippen MR) is 166 cm³/mol. The van der Waals surface area contributed by atoms with Gasteiger partial charge in [0.15, 0.2) is 11.5 Å². The number of rotatable bonds is 16. The summed E-state index contributed by atoms with van der Waals surface area (Å²) in [6.45, 7) is 1.78. The molecule has 234 valence electrons. The third-order valence-corrected chi connectivity index (χ3v) is 8.27. The maximum absolute atomic E-state index is 12.9. The van der Waals surface area contributed by atoms with E-state index in [1.807, 2.05) is 0 Å². The number of imidazole rings is 1. The summed E-state index contributed by atoms with van der Waals surface area (Å²) < 4.78 is 12.2. The summed E-state index contributed by atoms with van der Waals surface area (Å²) in [6.07, 6.45) is 8.84. The zero-order valence-electron chi connectivity index (χ0n) is 25.8. The molecule has 12 heteroatoms. The molecule has 0 bridgehead atoms. The lowest BCUT2D eigenvalue weighted by molar-refractivity contribution is -0.116. The van der Waals surface area contributed by atoms with Crippen molar-refractivity contribution in [3.05, 3.63) is 45.9 Å². The van der Waals surface area contributed by atoms with Crippen LogP contribution >= 0.6 is 0 Å². The fraction of sp³-hybridized carbons (Fsp3) is 0.581. The number of carbonyl (C=O) groups is 2. The number of nitrogens with one attached hydrogen (secondary N) is 2. The van der Waals surface area contributed by atoms with Gasteiger partial charge in [0.1, 0.15) is 18.4 Å². The Hall–Kier alpha value is -3.61. The van der Waals surface area contributed by atoms with E-state index in [4.69, 9.17) is 9.47 Å². The second-order valence-corrected chi connectivity index (χ2v) is 11.5. The molecule has 1 aliphatic rings. The standard InChI is InChI=1S/C31H45N7O5/c1-36(2)24-13-15-25(16-14-24)37(3)17-7-5-6-8-26(40)32-28-27-29(35-30(34-28)43-19-18-42-4)38(31(41)33-27)20-22-9-11-23(21-39)12-10-22/h9-12,21,24-25H,5-8,13-20H2,1-4H3,(H,33,41)(H,32,34,35,40)/t24-,25+. The number of amides is 1. The molecule has 1 aliphatic carbocycles. The Labute approximate surface area is 252 Å². The average molecular weight is 596 g/mol. The first kappa shape index (κ1) is 32.3. The minimum Gasteiger partial charge on any atom is -0.461 e. The summed E-state index contributed by atoms with van der Waals surface area (Å²) >= 11 is 0. The van der Waals surface area contributed by atoms with Crippen LogP contribution in [-0.4, -0.2) is 102 Å². The van der Waals surface area contributed by atoms with Crippen molar-refractivity contribution in [1.29, 1.82) is 0 Å². The molecule has 0 spiro atoms. The fourth-order valence-electron chi connectivity index (χ4n) is 5.63. The Kier molecular flexibility index (Phi) is 11.8. The third-order valence-electron chi connectivity index (χ3n) is 8.27. The van der Waals surface area contributed by atoms with Gasteiger partial charge >= 0.3 is 11.7 Å². The maximum atomic E-state index is 12.9. The summed E-state index contributed by atoms with van der Waals surface area (Å²) in [4.78, 5) is 53.3. The van der Waals surface area contributed by atoms with Crippen molar-refractivity contribution < 1.29 is 19.1 Å². The summed E-state index contributed by atoms with van der Waals surface area (Å²) in [5.74, 6) is 0.0129. The van der Waals surface area contributed by atoms with Gasteiger partial charge in [-0.15, -0.1) is 0 Å². The molecule has 43 heavy (non-hydrogen) atoms. The first-order valence-corrected chi connectivity index (χ1v) is 15.1. The van der Waals surface area contributed by atoms with Crippen molar-refractivity contribution in [2.24, 2.45) is 0 Å². The van der Waals surface area contributed by atoms with Gasteiger partial charge < -0.3 is 29.6 Å². The molecule has 1 amide bonds. The van der Waals surface area contributed by atoms with Gasteiger partial charge in [-0.1, -0.05) is 30.7 Å². The monoisotopic (exact) mass is 595 g/mol. The lowest BCUT2D eigenvalue weighted by Gasteiger charge is -2.37. The second-order valence-electron chi connectivity index (χ2n) is 11.5. The Morgan fingerprint density at radius 2 is 1.77 bits per heavy atom. The van der Waals surface area contributed by atoms with Gasteiger partial charge in [-0.25, -0.2) is 4.79 Å².